The van der Waals surface area contributed by atoms with E-state index in [0.29, 0.717) is 0 Å². The molecule has 0 unspecified atom stereocenters. The van der Waals surface area contributed by atoms with Gasteiger partial charge in [0.05, 0.1) is 5.69 Å². The van der Waals surface area contributed by atoms with E-state index in [1.807, 2.05) is 0 Å². The summed E-state index contributed by atoms with van der Waals surface area (Å²) >= 11 is 0. The zero-order chi connectivity index (χ0) is 39.0. The number of nitrogens with zero attached hydrogens (tertiary/aromatic N) is 1. The highest BCUT2D eigenvalue weighted by Crippen LogP contribution is 2.52. The van der Waals surface area contributed by atoms with Crippen LogP contribution < -0.4 is 4.90 Å². The van der Waals surface area contributed by atoms with Crippen molar-refractivity contribution in [2.75, 3.05) is 4.90 Å². The van der Waals surface area contributed by atoms with Crippen LogP contribution in [0.1, 0.15) is 77.6 Å². The van der Waals surface area contributed by atoms with Crippen molar-refractivity contribution >= 4 is 38.6 Å². The van der Waals surface area contributed by atoms with Gasteiger partial charge in [0.1, 0.15) is 0 Å². The van der Waals surface area contributed by atoms with Crippen molar-refractivity contribution in [2.24, 2.45) is 0 Å². The summed E-state index contributed by atoms with van der Waals surface area (Å²) in [5.41, 5.74) is 16.4. The Balaban J connectivity index is 1.30. The predicted octanol–water partition coefficient (Wildman–Crippen LogP) is 15.7. The predicted molar refractivity (Wildman–Crippen MR) is 242 cm³/mol. The van der Waals surface area contributed by atoms with Gasteiger partial charge in [0.15, 0.2) is 0 Å². The lowest BCUT2D eigenvalue weighted by molar-refractivity contribution is 0.569. The Morgan fingerprint density at radius 2 is 0.929 bits per heavy atom. The van der Waals surface area contributed by atoms with Crippen molar-refractivity contribution in [1.29, 1.82) is 0 Å². The quantitative estimate of drug-likeness (QED) is 0.171. The molecule has 9 rings (SSSR count). The summed E-state index contributed by atoms with van der Waals surface area (Å²) in [6, 6.07) is 61.5. The van der Waals surface area contributed by atoms with E-state index in [9.17, 15) is 0 Å². The minimum absolute atomic E-state index is 0.0160. The fraction of sp³-hybridized carbons (Fsp3) is 0.200. The molecule has 0 N–H and O–H groups in total. The number of fused-ring (bicyclic) bond motifs is 5. The van der Waals surface area contributed by atoms with Crippen LogP contribution in [0, 0.1) is 0 Å². The van der Waals surface area contributed by atoms with Gasteiger partial charge in [0.2, 0.25) is 0 Å². The van der Waals surface area contributed by atoms with Crippen LogP contribution in [0.3, 0.4) is 0 Å². The molecule has 0 atom stereocenters. The van der Waals surface area contributed by atoms with E-state index in [2.05, 4.69) is 224 Å². The third kappa shape index (κ3) is 6.02. The summed E-state index contributed by atoms with van der Waals surface area (Å²) in [5, 5.41) is 4.97. The molecule has 0 saturated heterocycles. The zero-order valence-corrected chi connectivity index (χ0v) is 34.0. The second-order valence-electron chi connectivity index (χ2n) is 18.3. The van der Waals surface area contributed by atoms with Crippen LogP contribution in [0.25, 0.3) is 54.9 Å². The molecule has 0 fully saturated rings. The van der Waals surface area contributed by atoms with E-state index >= 15 is 0 Å². The van der Waals surface area contributed by atoms with E-state index in [4.69, 9.17) is 0 Å². The van der Waals surface area contributed by atoms with E-state index in [0.717, 1.165) is 17.1 Å². The van der Waals surface area contributed by atoms with Gasteiger partial charge in [-0.15, -0.1) is 0 Å². The summed E-state index contributed by atoms with van der Waals surface area (Å²) in [7, 11) is 0. The third-order valence-electron chi connectivity index (χ3n) is 12.1. The summed E-state index contributed by atoms with van der Waals surface area (Å²) in [5.74, 6) is 0. The van der Waals surface area contributed by atoms with Crippen molar-refractivity contribution in [2.45, 2.75) is 71.6 Å². The average molecular weight is 726 g/mol. The molecule has 1 heteroatoms. The van der Waals surface area contributed by atoms with Crippen LogP contribution in [-0.4, -0.2) is 0 Å². The highest BCUT2D eigenvalue weighted by molar-refractivity contribution is 6.09. The molecule has 0 heterocycles. The fourth-order valence-electron chi connectivity index (χ4n) is 8.93. The Kier molecular flexibility index (Phi) is 8.36. The molecular formula is C55H51N. The molecule has 0 spiro atoms. The van der Waals surface area contributed by atoms with Gasteiger partial charge in [0, 0.05) is 22.4 Å². The second kappa shape index (κ2) is 13.1. The number of rotatable bonds is 5. The number of para-hydroxylation sites is 1. The first-order chi connectivity index (χ1) is 26.8. The first-order valence-corrected chi connectivity index (χ1v) is 20.1. The summed E-state index contributed by atoms with van der Waals surface area (Å²) in [6.07, 6.45) is 0. The molecule has 56 heavy (non-hydrogen) atoms. The normalized spacial score (nSPS) is 13.5. The fourth-order valence-corrected chi connectivity index (χ4v) is 8.93. The van der Waals surface area contributed by atoms with E-state index in [1.54, 1.807) is 0 Å². The Morgan fingerprint density at radius 1 is 0.393 bits per heavy atom. The molecule has 0 aromatic heterocycles. The molecule has 0 saturated carbocycles. The second-order valence-corrected chi connectivity index (χ2v) is 18.3. The van der Waals surface area contributed by atoms with Crippen LogP contribution in [0.2, 0.25) is 0 Å². The maximum absolute atomic E-state index is 2.49. The minimum Gasteiger partial charge on any atom is -0.310 e. The van der Waals surface area contributed by atoms with E-state index in [1.165, 1.54) is 77.2 Å². The molecule has 0 radical (unpaired) electrons. The van der Waals surface area contributed by atoms with Gasteiger partial charge in [-0.3, -0.25) is 0 Å². The van der Waals surface area contributed by atoms with E-state index in [-0.39, 0.29) is 16.2 Å². The minimum atomic E-state index is -0.117. The lowest BCUT2D eigenvalue weighted by atomic mass is 9.78. The lowest BCUT2D eigenvalue weighted by Gasteiger charge is -2.30. The monoisotopic (exact) mass is 725 g/mol. The van der Waals surface area contributed by atoms with Gasteiger partial charge >= 0.3 is 0 Å². The number of benzene rings is 8. The van der Waals surface area contributed by atoms with Crippen molar-refractivity contribution in [1.82, 2.24) is 0 Å². The van der Waals surface area contributed by atoms with Gasteiger partial charge in [0.25, 0.3) is 0 Å². The highest BCUT2D eigenvalue weighted by Gasteiger charge is 2.36. The standard InChI is InChI=1S/C55H51N/c1-53(2,3)40-31-39(32-41(34-40)54(4,5)6)44-23-15-19-37-20-16-24-48(52(37)44)47-22-12-14-26-51(47)56(42-28-27-36-17-9-10-18-38(36)33-42)43-29-30-46-45-21-11-13-25-49(45)55(7,8)50(46)35-43/h9-35H,1-8H3. The topological polar surface area (TPSA) is 3.24 Å². The Hall–Kier alpha value is -5.92. The maximum atomic E-state index is 2.49. The van der Waals surface area contributed by atoms with Crippen molar-refractivity contribution in [3.8, 4) is 33.4 Å². The van der Waals surface area contributed by atoms with Crippen LogP contribution in [0.15, 0.2) is 164 Å². The van der Waals surface area contributed by atoms with Crippen LogP contribution >= 0.6 is 0 Å². The van der Waals surface area contributed by atoms with Gasteiger partial charge in [-0.2, -0.15) is 0 Å². The molecule has 276 valence electrons. The first-order valence-electron chi connectivity index (χ1n) is 20.1. The molecule has 1 aliphatic rings. The van der Waals surface area contributed by atoms with Crippen LogP contribution in [-0.2, 0) is 16.2 Å². The largest absolute Gasteiger partial charge is 0.310 e. The Bertz CT molecular complexity index is 2760. The summed E-state index contributed by atoms with van der Waals surface area (Å²) in [4.78, 5) is 2.49. The van der Waals surface area contributed by atoms with Crippen molar-refractivity contribution in [3.05, 3.63) is 186 Å². The van der Waals surface area contributed by atoms with Crippen LogP contribution in [0.4, 0.5) is 17.1 Å². The summed E-state index contributed by atoms with van der Waals surface area (Å²) in [6.45, 7) is 18.7. The van der Waals surface area contributed by atoms with E-state index < -0.39 is 0 Å². The number of hydrogen-bond donors (Lipinski definition) is 0. The molecule has 0 aliphatic heterocycles. The number of hydrogen-bond acceptors (Lipinski definition) is 1. The molecular weight excluding hydrogens is 675 g/mol. The van der Waals surface area contributed by atoms with Gasteiger partial charge in [-0.05, 0) is 113 Å². The first kappa shape index (κ1) is 35.8. The smallest absolute Gasteiger partial charge is 0.0540 e. The average Bonchev–Trinajstić information content (AvgIpc) is 3.42. The van der Waals surface area contributed by atoms with Gasteiger partial charge in [-0.25, -0.2) is 0 Å². The highest BCUT2D eigenvalue weighted by atomic mass is 15.1. The third-order valence-corrected chi connectivity index (χ3v) is 12.1. The SMILES string of the molecule is CC(C)(C)c1cc(-c2cccc3cccc(-c4ccccc4N(c4ccc5c(c4)C(C)(C)c4ccccc4-5)c4ccc5ccccc5c4)c23)cc(C(C)(C)C)c1. The molecule has 0 amide bonds. The van der Waals surface area contributed by atoms with Gasteiger partial charge < -0.3 is 4.90 Å². The molecule has 8 aromatic rings. The lowest BCUT2D eigenvalue weighted by Crippen LogP contribution is -2.17. The molecule has 0 bridgehead atoms. The number of anilines is 3. The maximum Gasteiger partial charge on any atom is 0.0540 e. The van der Waals surface area contributed by atoms with Crippen molar-refractivity contribution < 1.29 is 0 Å². The zero-order valence-electron chi connectivity index (χ0n) is 34.0. The summed E-state index contributed by atoms with van der Waals surface area (Å²) < 4.78 is 0. The molecule has 8 aromatic carbocycles. The Morgan fingerprint density at radius 3 is 1.64 bits per heavy atom. The van der Waals surface area contributed by atoms with Crippen LogP contribution in [0.5, 0.6) is 0 Å². The molecule has 1 nitrogen and oxygen atoms in total. The van der Waals surface area contributed by atoms with Gasteiger partial charge in [-0.1, -0.05) is 189 Å². The Labute approximate surface area is 333 Å². The van der Waals surface area contributed by atoms with Crippen molar-refractivity contribution in [3.63, 3.8) is 0 Å². The molecule has 1 aliphatic carbocycles.